The van der Waals surface area contributed by atoms with Crippen molar-refractivity contribution in [3.8, 4) is 0 Å². The van der Waals surface area contributed by atoms with Crippen molar-refractivity contribution in [2.75, 3.05) is 6.54 Å². The maximum atomic E-state index is 15.3. The van der Waals surface area contributed by atoms with E-state index in [0.29, 0.717) is 12.1 Å². The van der Waals surface area contributed by atoms with Gasteiger partial charge in [-0.05, 0) is 56.2 Å². The van der Waals surface area contributed by atoms with E-state index in [1.807, 2.05) is 31.2 Å². The number of H-pyrrole nitrogens is 1. The molecule has 3 aromatic rings. The number of nitrogens with zero attached hydrogens (tertiary/aromatic N) is 1. The molecule has 2 aromatic carbocycles. The Morgan fingerprint density at radius 1 is 1.19 bits per heavy atom. The minimum absolute atomic E-state index is 0.0322. The zero-order chi connectivity index (χ0) is 23.2. The van der Waals surface area contributed by atoms with Crippen molar-refractivity contribution in [3.63, 3.8) is 0 Å². The van der Waals surface area contributed by atoms with E-state index in [2.05, 4.69) is 4.98 Å². The molecule has 0 saturated heterocycles. The zero-order valence-corrected chi connectivity index (χ0v) is 18.2. The van der Waals surface area contributed by atoms with Gasteiger partial charge in [0, 0.05) is 17.3 Å². The highest BCUT2D eigenvalue weighted by atomic mass is 19.1. The van der Waals surface area contributed by atoms with Gasteiger partial charge in [0.2, 0.25) is 5.71 Å². The summed E-state index contributed by atoms with van der Waals surface area (Å²) in [5.41, 5.74) is 0.985. The molecule has 0 saturated carbocycles. The molecule has 0 radical (unpaired) electrons. The Balaban J connectivity index is 1.99. The number of rotatable bonds is 5. The van der Waals surface area contributed by atoms with E-state index in [9.17, 15) is 4.39 Å². The Morgan fingerprint density at radius 3 is 2.47 bits per heavy atom. The normalized spacial score (nSPS) is 17.1. The molecule has 4 rings (SSSR count). The molecule has 0 bridgehead atoms. The molecule has 32 heavy (non-hydrogen) atoms. The first-order chi connectivity index (χ1) is 15.0. The fourth-order valence-electron chi connectivity index (χ4n) is 4.40. The van der Waals surface area contributed by atoms with Gasteiger partial charge in [-0.3, -0.25) is 0 Å². The minimum atomic E-state index is -1.73. The van der Waals surface area contributed by atoms with Crippen molar-refractivity contribution in [2.45, 2.75) is 45.2 Å². The molecule has 0 amide bonds. The van der Waals surface area contributed by atoms with Crippen LogP contribution in [0.15, 0.2) is 42.5 Å². The number of aromatic amines is 1. The topological polar surface area (TPSA) is 59.3 Å². The summed E-state index contributed by atoms with van der Waals surface area (Å²) in [5.74, 6) is -1.63. The predicted molar refractivity (Wildman–Crippen MR) is 119 cm³/mol. The van der Waals surface area contributed by atoms with E-state index in [4.69, 9.17) is 10.2 Å². The first-order valence-corrected chi connectivity index (χ1v) is 10.5. The SMILES string of the molecule is C[C@@H]1Cc2c([nH]c3ccccc23)C(c2c(F)cc(/C=C/C(O)O)cc2F)=[N+]1CC(C)(C)F. The lowest BCUT2D eigenvalue weighted by Gasteiger charge is -2.25. The maximum Gasteiger partial charge on any atom is 0.237 e. The predicted octanol–water partition coefficient (Wildman–Crippen LogP) is 4.31. The molecule has 1 aromatic heterocycles. The van der Waals surface area contributed by atoms with Crippen molar-refractivity contribution < 1.29 is 28.0 Å². The van der Waals surface area contributed by atoms with Gasteiger partial charge in [-0.15, -0.1) is 0 Å². The molecule has 3 N–H and O–H groups in total. The number of para-hydroxylation sites is 1. The van der Waals surface area contributed by atoms with Gasteiger partial charge < -0.3 is 15.2 Å². The van der Waals surface area contributed by atoms with Crippen LogP contribution in [0.25, 0.3) is 17.0 Å². The first-order valence-electron chi connectivity index (χ1n) is 10.5. The van der Waals surface area contributed by atoms with E-state index < -0.39 is 23.6 Å². The number of hydrogen-bond acceptors (Lipinski definition) is 2. The summed E-state index contributed by atoms with van der Waals surface area (Å²) < 4.78 is 47.2. The molecule has 1 aliphatic rings. The Morgan fingerprint density at radius 2 is 1.84 bits per heavy atom. The molecule has 1 atom stereocenters. The highest BCUT2D eigenvalue weighted by Gasteiger charge is 2.40. The molecule has 4 nitrogen and oxygen atoms in total. The van der Waals surface area contributed by atoms with Crippen LogP contribution in [-0.2, 0) is 6.42 Å². The summed E-state index contributed by atoms with van der Waals surface area (Å²) in [6, 6.07) is 9.73. The Labute approximate surface area is 184 Å². The molecule has 1 aliphatic heterocycles. The lowest BCUT2D eigenvalue weighted by atomic mass is 9.91. The highest BCUT2D eigenvalue weighted by Crippen LogP contribution is 2.32. The monoisotopic (exact) mass is 443 g/mol. The van der Waals surface area contributed by atoms with Gasteiger partial charge in [-0.1, -0.05) is 24.3 Å². The summed E-state index contributed by atoms with van der Waals surface area (Å²) in [5, 5.41) is 19.0. The van der Waals surface area contributed by atoms with E-state index >= 15 is 8.78 Å². The Kier molecular flexibility index (Phi) is 5.73. The zero-order valence-electron chi connectivity index (χ0n) is 18.2. The smallest absolute Gasteiger partial charge is 0.237 e. The molecule has 2 heterocycles. The number of nitrogens with one attached hydrogen (secondary N) is 1. The standard InChI is InChI=1S/C25H25F3N2O2/c1-14-10-17-16-6-4-5-7-20(16)29-23(17)24(30(14)13-25(2,3)28)22-18(26)11-15(12-19(22)27)8-9-21(31)32/h4-9,11-12,14,21,31-32H,10,13H2,1-3H3/p+1/b9-8+/t14-/m1/s1. The van der Waals surface area contributed by atoms with Gasteiger partial charge in [0.15, 0.2) is 24.5 Å². The van der Waals surface area contributed by atoms with Gasteiger partial charge in [0.05, 0.1) is 0 Å². The number of aromatic nitrogens is 1. The summed E-state index contributed by atoms with van der Waals surface area (Å²) >= 11 is 0. The second kappa shape index (κ2) is 8.22. The second-order valence-corrected chi connectivity index (χ2v) is 8.90. The lowest BCUT2D eigenvalue weighted by molar-refractivity contribution is -0.574. The third kappa shape index (κ3) is 4.23. The molecule has 0 unspecified atom stereocenters. The number of benzene rings is 2. The van der Waals surface area contributed by atoms with Crippen molar-refractivity contribution >= 4 is 22.7 Å². The van der Waals surface area contributed by atoms with Crippen LogP contribution >= 0.6 is 0 Å². The third-order valence-electron chi connectivity index (χ3n) is 5.68. The Bertz CT molecular complexity index is 1210. The maximum absolute atomic E-state index is 15.3. The highest BCUT2D eigenvalue weighted by molar-refractivity contribution is 6.13. The summed E-state index contributed by atoms with van der Waals surface area (Å²) in [7, 11) is 0. The largest absolute Gasteiger partial charge is 0.365 e. The second-order valence-electron chi connectivity index (χ2n) is 8.90. The summed E-state index contributed by atoms with van der Waals surface area (Å²) in [4.78, 5) is 3.30. The van der Waals surface area contributed by atoms with Gasteiger partial charge in [0.25, 0.3) is 0 Å². The summed E-state index contributed by atoms with van der Waals surface area (Å²) in [6.45, 7) is 4.78. The van der Waals surface area contributed by atoms with E-state index in [1.54, 1.807) is 4.58 Å². The van der Waals surface area contributed by atoms with Crippen molar-refractivity contribution in [2.24, 2.45) is 0 Å². The fourth-order valence-corrected chi connectivity index (χ4v) is 4.40. The van der Waals surface area contributed by atoms with Crippen LogP contribution in [0.1, 0.15) is 43.2 Å². The number of aliphatic hydroxyl groups is 2. The van der Waals surface area contributed by atoms with Gasteiger partial charge >= 0.3 is 0 Å². The van der Waals surface area contributed by atoms with Crippen LogP contribution in [0, 0.1) is 11.6 Å². The first kappa shape index (κ1) is 22.3. The van der Waals surface area contributed by atoms with Crippen LogP contribution in [0.5, 0.6) is 0 Å². The van der Waals surface area contributed by atoms with Gasteiger partial charge in [0.1, 0.15) is 22.9 Å². The number of aliphatic hydroxyl groups excluding tert-OH is 1. The van der Waals surface area contributed by atoms with Crippen molar-refractivity contribution in [3.05, 3.63) is 76.5 Å². The van der Waals surface area contributed by atoms with Crippen molar-refractivity contribution in [1.29, 1.82) is 0 Å². The fraction of sp³-hybridized carbons (Fsp3) is 0.320. The molecule has 0 spiro atoms. The molecular weight excluding hydrogens is 417 g/mol. The average molecular weight is 443 g/mol. The quantitative estimate of drug-likeness (QED) is 0.407. The average Bonchev–Trinajstić information content (AvgIpc) is 3.05. The molecule has 168 valence electrons. The lowest BCUT2D eigenvalue weighted by Crippen LogP contribution is -2.43. The van der Waals surface area contributed by atoms with Crippen LogP contribution in [0.2, 0.25) is 0 Å². The van der Waals surface area contributed by atoms with Crippen LogP contribution in [0.3, 0.4) is 0 Å². The Hall–Kier alpha value is -2.90. The minimum Gasteiger partial charge on any atom is -0.365 e. The number of halogens is 3. The number of hydrogen-bond donors (Lipinski definition) is 3. The van der Waals surface area contributed by atoms with Gasteiger partial charge in [-0.25, -0.2) is 17.7 Å². The van der Waals surface area contributed by atoms with E-state index in [1.165, 1.54) is 19.9 Å². The molecular formula is C25H26F3N2O2+. The van der Waals surface area contributed by atoms with Crippen molar-refractivity contribution in [1.82, 2.24) is 4.98 Å². The number of fused-ring (bicyclic) bond motifs is 3. The molecule has 0 aliphatic carbocycles. The van der Waals surface area contributed by atoms with Crippen LogP contribution in [-0.4, -0.2) is 50.0 Å². The summed E-state index contributed by atoms with van der Waals surface area (Å²) in [6.07, 6.45) is 1.12. The van der Waals surface area contributed by atoms with E-state index in [-0.39, 0.29) is 29.4 Å². The molecule has 0 fully saturated rings. The van der Waals surface area contributed by atoms with Gasteiger partial charge in [-0.2, -0.15) is 0 Å². The third-order valence-corrected chi connectivity index (χ3v) is 5.68. The van der Waals surface area contributed by atoms with Crippen LogP contribution < -0.4 is 0 Å². The van der Waals surface area contributed by atoms with E-state index in [0.717, 1.165) is 34.7 Å². The number of alkyl halides is 1. The van der Waals surface area contributed by atoms with Crippen LogP contribution in [0.4, 0.5) is 13.2 Å². The molecule has 7 heteroatoms.